The van der Waals surface area contributed by atoms with E-state index in [1.165, 1.54) is 6.42 Å². The molecule has 0 spiro atoms. The van der Waals surface area contributed by atoms with Crippen LogP contribution in [-0.2, 0) is 0 Å². The Morgan fingerprint density at radius 1 is 1.36 bits per heavy atom. The Morgan fingerprint density at radius 3 is 2.82 bits per heavy atom. The summed E-state index contributed by atoms with van der Waals surface area (Å²) in [7, 11) is 1.64. The monoisotopic (exact) mass is 299 g/mol. The molecule has 0 radical (unpaired) electrons. The number of amides is 1. The molecule has 1 saturated heterocycles. The van der Waals surface area contributed by atoms with Crippen LogP contribution in [0, 0.1) is 5.92 Å². The lowest BCUT2D eigenvalue weighted by Crippen LogP contribution is -2.39. The lowest BCUT2D eigenvalue weighted by atomic mass is 10.00. The number of nitrogens with one attached hydrogen (secondary N) is 1. The number of rotatable bonds is 3. The van der Waals surface area contributed by atoms with Gasteiger partial charge < -0.3 is 9.64 Å². The van der Waals surface area contributed by atoms with E-state index < -0.39 is 0 Å². The van der Waals surface area contributed by atoms with Crippen molar-refractivity contribution in [2.45, 2.75) is 19.8 Å². The summed E-state index contributed by atoms with van der Waals surface area (Å²) in [6.45, 7) is 3.85. The van der Waals surface area contributed by atoms with Crippen molar-refractivity contribution in [2.75, 3.05) is 20.2 Å². The van der Waals surface area contributed by atoms with Gasteiger partial charge in [0.2, 0.25) is 0 Å². The van der Waals surface area contributed by atoms with Crippen LogP contribution in [0.1, 0.15) is 30.3 Å². The molecule has 1 fully saturated rings. The maximum absolute atomic E-state index is 12.5. The summed E-state index contributed by atoms with van der Waals surface area (Å²) in [5.74, 6) is 1.42. The summed E-state index contributed by atoms with van der Waals surface area (Å²) in [5, 5.41) is 7.14. The molecule has 5 nitrogen and oxygen atoms in total. The van der Waals surface area contributed by atoms with Crippen molar-refractivity contribution in [3.8, 4) is 17.0 Å². The number of H-pyrrole nitrogens is 1. The van der Waals surface area contributed by atoms with Gasteiger partial charge in [-0.15, -0.1) is 0 Å². The maximum Gasteiger partial charge on any atom is 0.271 e. The second-order valence-electron chi connectivity index (χ2n) is 5.89. The number of hydrogen-bond acceptors (Lipinski definition) is 3. The number of likely N-dealkylation sites (tertiary alicyclic amines) is 1. The first-order valence-electron chi connectivity index (χ1n) is 7.66. The molecule has 5 heteroatoms. The SMILES string of the molecule is COc1ccc(-c2cc(C(=O)N3CCC[C@H](C)C3)[nH]n2)cc1. The molecule has 2 heterocycles. The first-order valence-corrected chi connectivity index (χ1v) is 7.66. The highest BCUT2D eigenvalue weighted by molar-refractivity contribution is 5.93. The molecule has 1 aliphatic rings. The van der Waals surface area contributed by atoms with Gasteiger partial charge in [-0.2, -0.15) is 5.10 Å². The van der Waals surface area contributed by atoms with E-state index in [2.05, 4.69) is 17.1 Å². The smallest absolute Gasteiger partial charge is 0.271 e. The van der Waals surface area contributed by atoms with Crippen molar-refractivity contribution in [3.05, 3.63) is 36.0 Å². The second kappa shape index (κ2) is 6.22. The van der Waals surface area contributed by atoms with Crippen LogP contribution in [0.4, 0.5) is 0 Å². The van der Waals surface area contributed by atoms with Crippen LogP contribution in [-0.4, -0.2) is 41.2 Å². The minimum Gasteiger partial charge on any atom is -0.497 e. The molecule has 0 unspecified atom stereocenters. The Balaban J connectivity index is 1.76. The average molecular weight is 299 g/mol. The Labute approximate surface area is 130 Å². The zero-order valence-electron chi connectivity index (χ0n) is 13.0. The fourth-order valence-electron chi connectivity index (χ4n) is 2.89. The zero-order chi connectivity index (χ0) is 15.5. The number of aromatic nitrogens is 2. The highest BCUT2D eigenvalue weighted by atomic mass is 16.5. The van der Waals surface area contributed by atoms with Gasteiger partial charge in [-0.25, -0.2) is 0 Å². The summed E-state index contributed by atoms with van der Waals surface area (Å²) < 4.78 is 5.15. The van der Waals surface area contributed by atoms with Gasteiger partial charge in [0.25, 0.3) is 5.91 Å². The van der Waals surface area contributed by atoms with Crippen molar-refractivity contribution < 1.29 is 9.53 Å². The number of carbonyl (C=O) groups excluding carboxylic acids is 1. The first-order chi connectivity index (χ1) is 10.7. The summed E-state index contributed by atoms with van der Waals surface area (Å²) >= 11 is 0. The number of aromatic amines is 1. The van der Waals surface area contributed by atoms with E-state index >= 15 is 0 Å². The number of ether oxygens (including phenoxy) is 1. The molecule has 3 rings (SSSR count). The number of benzene rings is 1. The average Bonchev–Trinajstić information content (AvgIpc) is 3.04. The number of piperidine rings is 1. The molecule has 1 aromatic heterocycles. The summed E-state index contributed by atoms with van der Waals surface area (Å²) in [4.78, 5) is 14.4. The van der Waals surface area contributed by atoms with Crippen LogP contribution in [0.2, 0.25) is 0 Å². The molecular weight excluding hydrogens is 278 g/mol. The summed E-state index contributed by atoms with van der Waals surface area (Å²) in [6, 6.07) is 9.47. The number of hydrogen-bond donors (Lipinski definition) is 1. The highest BCUT2D eigenvalue weighted by Gasteiger charge is 2.23. The molecule has 116 valence electrons. The molecule has 22 heavy (non-hydrogen) atoms. The van der Waals surface area contributed by atoms with Crippen molar-refractivity contribution in [1.82, 2.24) is 15.1 Å². The maximum atomic E-state index is 12.5. The molecule has 2 aromatic rings. The van der Waals surface area contributed by atoms with Crippen LogP contribution in [0.3, 0.4) is 0 Å². The van der Waals surface area contributed by atoms with E-state index in [1.807, 2.05) is 35.2 Å². The molecule has 0 bridgehead atoms. The van der Waals surface area contributed by atoms with E-state index in [-0.39, 0.29) is 5.91 Å². The van der Waals surface area contributed by atoms with Crippen LogP contribution >= 0.6 is 0 Å². The van der Waals surface area contributed by atoms with Crippen LogP contribution in [0.25, 0.3) is 11.3 Å². The van der Waals surface area contributed by atoms with Gasteiger partial charge in [-0.1, -0.05) is 6.92 Å². The summed E-state index contributed by atoms with van der Waals surface area (Å²) in [6.07, 6.45) is 2.27. The standard InChI is InChI=1S/C17H21N3O2/c1-12-4-3-9-20(11-12)17(21)16-10-15(18-19-16)13-5-7-14(22-2)8-6-13/h5-8,10,12H,3-4,9,11H2,1-2H3,(H,18,19)/t12-/m0/s1. The van der Waals surface area contributed by atoms with Gasteiger partial charge in [-0.3, -0.25) is 9.89 Å². The predicted molar refractivity (Wildman–Crippen MR) is 84.9 cm³/mol. The second-order valence-corrected chi connectivity index (χ2v) is 5.89. The van der Waals surface area contributed by atoms with Crippen molar-refractivity contribution in [3.63, 3.8) is 0 Å². The predicted octanol–water partition coefficient (Wildman–Crippen LogP) is 2.96. The minimum absolute atomic E-state index is 0.0406. The highest BCUT2D eigenvalue weighted by Crippen LogP contribution is 2.22. The molecule has 1 amide bonds. The number of carbonyl (C=O) groups is 1. The third-order valence-electron chi connectivity index (χ3n) is 4.14. The quantitative estimate of drug-likeness (QED) is 0.948. The Morgan fingerprint density at radius 2 is 2.14 bits per heavy atom. The van der Waals surface area contributed by atoms with Gasteiger partial charge in [-0.05, 0) is 49.1 Å². The number of nitrogens with zero attached hydrogens (tertiary/aromatic N) is 2. The van der Waals surface area contributed by atoms with Crippen LogP contribution in [0.15, 0.2) is 30.3 Å². The molecular formula is C17H21N3O2. The van der Waals surface area contributed by atoms with Gasteiger partial charge in [0.1, 0.15) is 11.4 Å². The Kier molecular flexibility index (Phi) is 4.13. The molecule has 1 atom stereocenters. The largest absolute Gasteiger partial charge is 0.497 e. The topological polar surface area (TPSA) is 58.2 Å². The molecule has 1 aromatic carbocycles. The van der Waals surface area contributed by atoms with Gasteiger partial charge in [0.05, 0.1) is 12.8 Å². The van der Waals surface area contributed by atoms with Gasteiger partial charge in [0, 0.05) is 18.7 Å². The third-order valence-corrected chi connectivity index (χ3v) is 4.14. The minimum atomic E-state index is 0.0406. The third kappa shape index (κ3) is 2.98. The van der Waals surface area contributed by atoms with E-state index in [4.69, 9.17) is 4.74 Å². The van der Waals surface area contributed by atoms with E-state index in [0.717, 1.165) is 36.5 Å². The number of methoxy groups -OCH3 is 1. The van der Waals surface area contributed by atoms with E-state index in [0.29, 0.717) is 11.6 Å². The van der Waals surface area contributed by atoms with E-state index in [9.17, 15) is 4.79 Å². The normalized spacial score (nSPS) is 18.3. The fraction of sp³-hybridized carbons (Fsp3) is 0.412. The van der Waals surface area contributed by atoms with Crippen molar-refractivity contribution in [2.24, 2.45) is 5.92 Å². The fourth-order valence-corrected chi connectivity index (χ4v) is 2.89. The Hall–Kier alpha value is -2.30. The molecule has 1 N–H and O–H groups in total. The van der Waals surface area contributed by atoms with Crippen LogP contribution in [0.5, 0.6) is 5.75 Å². The summed E-state index contributed by atoms with van der Waals surface area (Å²) in [5.41, 5.74) is 2.29. The molecule has 0 saturated carbocycles. The lowest BCUT2D eigenvalue weighted by molar-refractivity contribution is 0.0677. The molecule has 1 aliphatic heterocycles. The van der Waals surface area contributed by atoms with Crippen LogP contribution < -0.4 is 4.74 Å². The van der Waals surface area contributed by atoms with Crippen molar-refractivity contribution in [1.29, 1.82) is 0 Å². The molecule has 0 aliphatic carbocycles. The van der Waals surface area contributed by atoms with Crippen molar-refractivity contribution >= 4 is 5.91 Å². The van der Waals surface area contributed by atoms with Gasteiger partial charge in [0.15, 0.2) is 0 Å². The Bertz CT molecular complexity index is 648. The van der Waals surface area contributed by atoms with E-state index in [1.54, 1.807) is 7.11 Å². The lowest BCUT2D eigenvalue weighted by Gasteiger charge is -2.30. The zero-order valence-corrected chi connectivity index (χ0v) is 13.0. The first kappa shape index (κ1) is 14.6. The van der Waals surface area contributed by atoms with Gasteiger partial charge >= 0.3 is 0 Å².